The molecule has 9 nitrogen and oxygen atoms in total. The number of benzene rings is 1. The first-order valence-corrected chi connectivity index (χ1v) is 10.8. The highest BCUT2D eigenvalue weighted by molar-refractivity contribution is 6.03. The smallest absolute Gasteiger partial charge is 0.410 e. The van der Waals surface area contributed by atoms with Crippen LogP contribution in [0.15, 0.2) is 49.2 Å². The Morgan fingerprint density at radius 1 is 1.18 bits per heavy atom. The Hall–Kier alpha value is -3.69. The van der Waals surface area contributed by atoms with Gasteiger partial charge in [0, 0.05) is 31.0 Å². The van der Waals surface area contributed by atoms with Crippen LogP contribution in [0.1, 0.15) is 50.1 Å². The number of rotatable bonds is 4. The first kappa shape index (κ1) is 22.5. The van der Waals surface area contributed by atoms with Crippen molar-refractivity contribution in [1.29, 1.82) is 0 Å². The van der Waals surface area contributed by atoms with Crippen LogP contribution in [0, 0.1) is 5.82 Å². The van der Waals surface area contributed by atoms with E-state index < -0.39 is 11.4 Å². The molecule has 2 aromatic heterocycles. The normalized spacial score (nSPS) is 14.8. The largest absolute Gasteiger partial charge is 0.444 e. The van der Waals surface area contributed by atoms with Crippen LogP contribution in [0.3, 0.4) is 0 Å². The van der Waals surface area contributed by atoms with Gasteiger partial charge < -0.3 is 19.5 Å². The highest BCUT2D eigenvalue weighted by Crippen LogP contribution is 2.26. The van der Waals surface area contributed by atoms with Gasteiger partial charge in [-0.3, -0.25) is 4.79 Å². The van der Waals surface area contributed by atoms with Crippen molar-refractivity contribution in [2.24, 2.45) is 0 Å². The molecule has 0 bridgehead atoms. The maximum Gasteiger partial charge on any atom is 0.410 e. The van der Waals surface area contributed by atoms with E-state index in [1.807, 2.05) is 37.6 Å². The van der Waals surface area contributed by atoms with Crippen LogP contribution in [-0.4, -0.2) is 54.9 Å². The molecule has 0 saturated carbocycles. The minimum absolute atomic E-state index is 0.0749. The van der Waals surface area contributed by atoms with Gasteiger partial charge in [-0.1, -0.05) is 0 Å². The first-order chi connectivity index (χ1) is 15.7. The summed E-state index contributed by atoms with van der Waals surface area (Å²) in [4.78, 5) is 30.7. The highest BCUT2D eigenvalue weighted by Gasteiger charge is 2.28. The van der Waals surface area contributed by atoms with Crippen molar-refractivity contribution < 1.29 is 18.7 Å². The molecule has 1 aromatic carbocycles. The summed E-state index contributed by atoms with van der Waals surface area (Å²) in [6.45, 7) is 6.63. The lowest BCUT2D eigenvalue weighted by molar-refractivity contribution is 0.0187. The predicted octanol–water partition coefficient (Wildman–Crippen LogP) is 4.03. The SMILES string of the molecule is CC(C)(C)OC(=O)N1CCC(n2cccc2C(=O)Nc2ccc(-n3cncn3)c(F)c2)CC1. The Kier molecular flexibility index (Phi) is 6.17. The van der Waals surface area contributed by atoms with Crippen molar-refractivity contribution in [3.8, 4) is 5.69 Å². The molecule has 1 aliphatic rings. The van der Waals surface area contributed by atoms with E-state index in [-0.39, 0.29) is 23.7 Å². The molecule has 4 rings (SSSR count). The summed E-state index contributed by atoms with van der Waals surface area (Å²) in [5, 5.41) is 6.68. The van der Waals surface area contributed by atoms with Crippen molar-refractivity contribution in [2.75, 3.05) is 18.4 Å². The standard InChI is InChI=1S/C23H27FN6O3/c1-23(2,3)33-22(32)28-11-8-17(9-12-28)29-10-4-5-20(29)21(31)27-16-6-7-19(18(24)13-16)30-15-25-14-26-30/h4-7,10,13-15,17H,8-9,11-12H2,1-3H3,(H,27,31). The summed E-state index contributed by atoms with van der Waals surface area (Å²) < 4.78 is 23.2. The number of carbonyl (C=O) groups is 2. The van der Waals surface area contributed by atoms with Crippen LogP contribution < -0.4 is 5.32 Å². The number of aromatic nitrogens is 4. The second kappa shape index (κ2) is 9.05. The van der Waals surface area contributed by atoms with Gasteiger partial charge in [-0.2, -0.15) is 5.10 Å². The molecule has 2 amide bonds. The molecule has 0 atom stereocenters. The number of hydrogen-bond acceptors (Lipinski definition) is 5. The van der Waals surface area contributed by atoms with Gasteiger partial charge in [-0.25, -0.2) is 18.9 Å². The van der Waals surface area contributed by atoms with Gasteiger partial charge in [0.1, 0.15) is 29.6 Å². The molecule has 3 heterocycles. The monoisotopic (exact) mass is 454 g/mol. The first-order valence-electron chi connectivity index (χ1n) is 10.8. The van der Waals surface area contributed by atoms with Crippen LogP contribution in [0.25, 0.3) is 5.69 Å². The predicted molar refractivity (Wildman–Crippen MR) is 120 cm³/mol. The van der Waals surface area contributed by atoms with Crippen molar-refractivity contribution >= 4 is 17.7 Å². The molecule has 0 unspecified atom stereocenters. The zero-order valence-electron chi connectivity index (χ0n) is 18.9. The Morgan fingerprint density at radius 2 is 1.94 bits per heavy atom. The van der Waals surface area contributed by atoms with Crippen molar-refractivity contribution in [3.63, 3.8) is 0 Å². The topological polar surface area (TPSA) is 94.3 Å². The molecule has 1 aliphatic heterocycles. The molecular formula is C23H27FN6O3. The zero-order chi connectivity index (χ0) is 23.6. The fraction of sp³-hybridized carbons (Fsp3) is 0.391. The number of likely N-dealkylation sites (tertiary alicyclic amines) is 1. The van der Waals surface area contributed by atoms with Gasteiger partial charge in [0.25, 0.3) is 5.91 Å². The van der Waals surface area contributed by atoms with Crippen LogP contribution in [0.5, 0.6) is 0 Å². The Bertz CT molecular complexity index is 1130. The number of carbonyl (C=O) groups excluding carboxylic acids is 2. The molecule has 33 heavy (non-hydrogen) atoms. The van der Waals surface area contributed by atoms with Crippen LogP contribution in [0.2, 0.25) is 0 Å². The second-order valence-corrected chi connectivity index (χ2v) is 8.96. The average molecular weight is 455 g/mol. The molecule has 1 fully saturated rings. The van der Waals surface area contributed by atoms with Crippen molar-refractivity contribution in [1.82, 2.24) is 24.2 Å². The van der Waals surface area contributed by atoms with Crippen LogP contribution >= 0.6 is 0 Å². The summed E-state index contributed by atoms with van der Waals surface area (Å²) in [6, 6.07) is 8.02. The second-order valence-electron chi connectivity index (χ2n) is 8.96. The highest BCUT2D eigenvalue weighted by atomic mass is 19.1. The molecular weight excluding hydrogens is 427 g/mol. The van der Waals surface area contributed by atoms with E-state index in [2.05, 4.69) is 15.4 Å². The minimum atomic E-state index is -0.535. The van der Waals surface area contributed by atoms with Gasteiger partial charge in [0.05, 0.1) is 0 Å². The number of nitrogens with zero attached hydrogens (tertiary/aromatic N) is 5. The molecule has 10 heteroatoms. The average Bonchev–Trinajstić information content (AvgIpc) is 3.45. The molecule has 3 aromatic rings. The van der Waals surface area contributed by atoms with E-state index in [1.165, 1.54) is 29.5 Å². The van der Waals surface area contributed by atoms with E-state index in [1.54, 1.807) is 17.0 Å². The van der Waals surface area contributed by atoms with E-state index in [0.717, 1.165) is 0 Å². The molecule has 0 aliphatic carbocycles. The molecule has 0 radical (unpaired) electrons. The number of ether oxygens (including phenoxy) is 1. The summed E-state index contributed by atoms with van der Waals surface area (Å²) >= 11 is 0. The van der Waals surface area contributed by atoms with E-state index >= 15 is 0 Å². The molecule has 1 N–H and O–H groups in total. The molecule has 174 valence electrons. The van der Waals surface area contributed by atoms with Gasteiger partial charge in [0.2, 0.25) is 0 Å². The third-order valence-corrected chi connectivity index (χ3v) is 5.39. The number of halogens is 1. The fourth-order valence-electron chi connectivity index (χ4n) is 3.86. The summed E-state index contributed by atoms with van der Waals surface area (Å²) in [6.07, 6.45) is 5.67. The van der Waals surface area contributed by atoms with Gasteiger partial charge in [0.15, 0.2) is 5.82 Å². The summed E-state index contributed by atoms with van der Waals surface area (Å²) in [5.41, 5.74) is 0.526. The lowest BCUT2D eigenvalue weighted by Gasteiger charge is -2.34. The summed E-state index contributed by atoms with van der Waals surface area (Å²) in [7, 11) is 0. The number of piperidine rings is 1. The number of amides is 2. The van der Waals surface area contributed by atoms with E-state index in [9.17, 15) is 14.0 Å². The fourth-order valence-corrected chi connectivity index (χ4v) is 3.86. The lowest BCUT2D eigenvalue weighted by Crippen LogP contribution is -2.42. The Morgan fingerprint density at radius 3 is 2.58 bits per heavy atom. The Balaban J connectivity index is 1.40. The Labute approximate surface area is 191 Å². The maximum absolute atomic E-state index is 14.5. The lowest BCUT2D eigenvalue weighted by atomic mass is 10.0. The van der Waals surface area contributed by atoms with Crippen molar-refractivity contribution in [3.05, 3.63) is 60.7 Å². The number of anilines is 1. The van der Waals surface area contributed by atoms with Gasteiger partial charge in [-0.15, -0.1) is 0 Å². The number of nitrogens with one attached hydrogen (secondary N) is 1. The number of hydrogen-bond donors (Lipinski definition) is 1. The minimum Gasteiger partial charge on any atom is -0.444 e. The third-order valence-electron chi connectivity index (χ3n) is 5.39. The molecule has 0 spiro atoms. The van der Waals surface area contributed by atoms with E-state index in [4.69, 9.17) is 4.74 Å². The van der Waals surface area contributed by atoms with Crippen LogP contribution in [0.4, 0.5) is 14.9 Å². The van der Waals surface area contributed by atoms with Crippen LogP contribution in [-0.2, 0) is 4.74 Å². The quantitative estimate of drug-likeness (QED) is 0.642. The zero-order valence-corrected chi connectivity index (χ0v) is 18.9. The van der Waals surface area contributed by atoms with E-state index in [0.29, 0.717) is 37.3 Å². The van der Waals surface area contributed by atoms with Gasteiger partial charge in [-0.05, 0) is 63.9 Å². The van der Waals surface area contributed by atoms with Gasteiger partial charge >= 0.3 is 6.09 Å². The maximum atomic E-state index is 14.5. The molecule has 1 saturated heterocycles. The summed E-state index contributed by atoms with van der Waals surface area (Å²) in [5.74, 6) is -0.856. The van der Waals surface area contributed by atoms with Crippen molar-refractivity contribution in [2.45, 2.75) is 45.3 Å². The third kappa shape index (κ3) is 5.21.